The van der Waals surface area contributed by atoms with Crippen molar-refractivity contribution in [2.24, 2.45) is 0 Å². The summed E-state index contributed by atoms with van der Waals surface area (Å²) in [6.45, 7) is 0.596. The summed E-state index contributed by atoms with van der Waals surface area (Å²) in [6, 6.07) is 31.3. The number of para-hydroxylation sites is 1. The molecule has 39 heavy (non-hydrogen) atoms. The number of thiazole rings is 1. The quantitative estimate of drug-likeness (QED) is 0.184. The van der Waals surface area contributed by atoms with Crippen molar-refractivity contribution >= 4 is 54.4 Å². The topological polar surface area (TPSA) is 70.6 Å². The molecule has 6 nitrogen and oxygen atoms in total. The van der Waals surface area contributed by atoms with Crippen LogP contribution in [0.1, 0.15) is 21.5 Å². The van der Waals surface area contributed by atoms with Gasteiger partial charge in [-0.25, -0.2) is 13.4 Å². The van der Waals surface area contributed by atoms with Crippen LogP contribution in [0.25, 0.3) is 10.2 Å². The number of nitrogens with zero attached hydrogens (tertiary/aromatic N) is 3. The molecule has 9 heteroatoms. The highest BCUT2D eigenvalue weighted by atomic mass is 32.2. The van der Waals surface area contributed by atoms with Crippen molar-refractivity contribution in [3.05, 3.63) is 120 Å². The van der Waals surface area contributed by atoms with Crippen LogP contribution in [0.4, 0.5) is 5.13 Å². The van der Waals surface area contributed by atoms with E-state index in [4.69, 9.17) is 4.98 Å². The summed E-state index contributed by atoms with van der Waals surface area (Å²) in [7, 11) is -2.18. The molecule has 0 aliphatic heterocycles. The standard InChI is InChI=1S/C30H27N3O3S3/c1-32(20-22-10-5-3-6-11-22)39(35,36)25-18-16-24(17-19-25)29(34)33(21-23-12-7-4-8-13-23)30-31-28-26(37-2)14-9-15-27(28)38-30/h3-19H,20-21H2,1-2H3. The number of rotatable bonds is 9. The first-order valence-corrected chi connectivity index (χ1v) is 15.7. The number of hydrogen-bond donors (Lipinski definition) is 0. The lowest BCUT2D eigenvalue weighted by molar-refractivity contribution is 0.0985. The minimum absolute atomic E-state index is 0.136. The molecule has 0 radical (unpaired) electrons. The van der Waals surface area contributed by atoms with Gasteiger partial charge in [-0.3, -0.25) is 9.69 Å². The smallest absolute Gasteiger partial charge is 0.260 e. The lowest BCUT2D eigenvalue weighted by atomic mass is 10.1. The molecule has 0 bridgehead atoms. The zero-order valence-electron chi connectivity index (χ0n) is 21.5. The summed E-state index contributed by atoms with van der Waals surface area (Å²) in [5.74, 6) is -0.245. The molecule has 0 spiro atoms. The van der Waals surface area contributed by atoms with E-state index in [2.05, 4.69) is 0 Å². The molecule has 0 N–H and O–H groups in total. The number of aromatic nitrogens is 1. The number of sulfonamides is 1. The van der Waals surface area contributed by atoms with Gasteiger partial charge in [-0.2, -0.15) is 4.31 Å². The van der Waals surface area contributed by atoms with Gasteiger partial charge in [0.2, 0.25) is 10.0 Å². The Morgan fingerprint density at radius 3 is 2.05 bits per heavy atom. The number of carbonyl (C=O) groups excluding carboxylic acids is 1. The third-order valence-corrected chi connectivity index (χ3v) is 9.94. The Kier molecular flexibility index (Phi) is 8.13. The van der Waals surface area contributed by atoms with Gasteiger partial charge < -0.3 is 0 Å². The summed E-state index contributed by atoms with van der Waals surface area (Å²) in [6.07, 6.45) is 2.01. The molecule has 0 saturated heterocycles. The highest BCUT2D eigenvalue weighted by molar-refractivity contribution is 7.98. The molecule has 4 aromatic carbocycles. The summed E-state index contributed by atoms with van der Waals surface area (Å²) in [5, 5.41) is 0.597. The number of carbonyl (C=O) groups is 1. The van der Waals surface area contributed by atoms with Crippen LogP contribution in [0.3, 0.4) is 0 Å². The zero-order chi connectivity index (χ0) is 27.4. The highest BCUT2D eigenvalue weighted by Gasteiger charge is 2.25. The third-order valence-electron chi connectivity index (χ3n) is 6.31. The van der Waals surface area contributed by atoms with Gasteiger partial charge in [0.05, 0.1) is 21.7 Å². The maximum Gasteiger partial charge on any atom is 0.260 e. The van der Waals surface area contributed by atoms with E-state index in [0.29, 0.717) is 17.2 Å². The molecule has 0 aliphatic rings. The van der Waals surface area contributed by atoms with E-state index in [1.807, 2.05) is 85.1 Å². The Bertz CT molecular complexity index is 1690. The van der Waals surface area contributed by atoms with Crippen molar-refractivity contribution in [1.29, 1.82) is 0 Å². The first-order chi connectivity index (χ1) is 18.9. The van der Waals surface area contributed by atoms with Crippen molar-refractivity contribution in [1.82, 2.24) is 9.29 Å². The Morgan fingerprint density at radius 2 is 1.44 bits per heavy atom. The van der Waals surface area contributed by atoms with Gasteiger partial charge in [-0.1, -0.05) is 78.1 Å². The fourth-order valence-corrected chi connectivity index (χ4v) is 6.99. The molecule has 1 aromatic heterocycles. The molecule has 1 heterocycles. The van der Waals surface area contributed by atoms with E-state index in [1.54, 1.807) is 35.8 Å². The predicted molar refractivity (Wildman–Crippen MR) is 160 cm³/mol. The second-order valence-corrected chi connectivity index (χ2v) is 12.9. The van der Waals surface area contributed by atoms with E-state index in [1.165, 1.54) is 27.8 Å². The molecule has 198 valence electrons. The number of anilines is 1. The van der Waals surface area contributed by atoms with Crippen LogP contribution >= 0.6 is 23.1 Å². The second kappa shape index (κ2) is 11.7. The number of thioether (sulfide) groups is 1. The lowest BCUT2D eigenvalue weighted by Crippen LogP contribution is -2.30. The van der Waals surface area contributed by atoms with Gasteiger partial charge >= 0.3 is 0 Å². The summed E-state index contributed by atoms with van der Waals surface area (Å²) in [4.78, 5) is 21.5. The van der Waals surface area contributed by atoms with Crippen LogP contribution in [0, 0.1) is 0 Å². The van der Waals surface area contributed by atoms with Crippen LogP contribution in [-0.4, -0.2) is 36.9 Å². The van der Waals surface area contributed by atoms with Crippen LogP contribution in [0.5, 0.6) is 0 Å². The molecule has 0 aliphatic carbocycles. The average Bonchev–Trinajstić information content (AvgIpc) is 3.41. The van der Waals surface area contributed by atoms with Crippen LogP contribution in [-0.2, 0) is 23.1 Å². The van der Waals surface area contributed by atoms with Gasteiger partial charge in [-0.05, 0) is 53.8 Å². The van der Waals surface area contributed by atoms with E-state index in [9.17, 15) is 13.2 Å². The van der Waals surface area contributed by atoms with E-state index in [-0.39, 0.29) is 17.3 Å². The molecule has 0 saturated carbocycles. The van der Waals surface area contributed by atoms with Crippen LogP contribution in [0.2, 0.25) is 0 Å². The minimum Gasteiger partial charge on any atom is -0.279 e. The van der Waals surface area contributed by atoms with Gasteiger partial charge in [0.1, 0.15) is 0 Å². The molecule has 5 aromatic rings. The first-order valence-electron chi connectivity index (χ1n) is 12.3. The van der Waals surface area contributed by atoms with Gasteiger partial charge in [0, 0.05) is 24.1 Å². The number of benzene rings is 4. The Hall–Kier alpha value is -3.50. The van der Waals surface area contributed by atoms with Gasteiger partial charge in [-0.15, -0.1) is 11.8 Å². The Balaban J connectivity index is 1.44. The summed E-state index contributed by atoms with van der Waals surface area (Å²) < 4.78 is 28.7. The van der Waals surface area contributed by atoms with Crippen LogP contribution in [0.15, 0.2) is 113 Å². The molecular formula is C30H27N3O3S3. The monoisotopic (exact) mass is 573 g/mol. The predicted octanol–water partition coefficient (Wildman–Crippen LogP) is 6.69. The molecule has 1 amide bonds. The fourth-order valence-electron chi connectivity index (χ4n) is 4.21. The van der Waals surface area contributed by atoms with Gasteiger partial charge in [0.25, 0.3) is 5.91 Å². The Morgan fingerprint density at radius 1 is 0.821 bits per heavy atom. The van der Waals surface area contributed by atoms with Gasteiger partial charge in [0.15, 0.2) is 5.13 Å². The molecule has 0 atom stereocenters. The van der Waals surface area contributed by atoms with E-state index >= 15 is 0 Å². The lowest BCUT2D eigenvalue weighted by Gasteiger charge is -2.21. The van der Waals surface area contributed by atoms with E-state index in [0.717, 1.165) is 26.2 Å². The number of amides is 1. The zero-order valence-corrected chi connectivity index (χ0v) is 24.0. The maximum atomic E-state index is 13.8. The summed E-state index contributed by atoms with van der Waals surface area (Å²) in [5.41, 5.74) is 3.13. The van der Waals surface area contributed by atoms with E-state index < -0.39 is 10.0 Å². The minimum atomic E-state index is -3.73. The average molecular weight is 574 g/mol. The maximum absolute atomic E-state index is 13.8. The number of fused-ring (bicyclic) bond motifs is 1. The van der Waals surface area contributed by atoms with Crippen molar-refractivity contribution in [2.75, 3.05) is 18.2 Å². The normalized spacial score (nSPS) is 11.7. The van der Waals surface area contributed by atoms with Crippen LogP contribution < -0.4 is 4.90 Å². The second-order valence-electron chi connectivity index (χ2n) is 8.95. The first kappa shape index (κ1) is 27.1. The Labute approximate surface area is 237 Å². The molecule has 5 rings (SSSR count). The third kappa shape index (κ3) is 5.91. The SMILES string of the molecule is CSc1cccc2sc(N(Cc3ccccc3)C(=O)c3ccc(S(=O)(=O)N(C)Cc4ccccc4)cc3)nc12. The largest absolute Gasteiger partial charge is 0.279 e. The van der Waals surface area contributed by atoms with Crippen molar-refractivity contribution in [3.8, 4) is 0 Å². The highest BCUT2D eigenvalue weighted by Crippen LogP contribution is 2.35. The van der Waals surface area contributed by atoms with Crippen molar-refractivity contribution < 1.29 is 13.2 Å². The summed E-state index contributed by atoms with van der Waals surface area (Å²) >= 11 is 3.09. The van der Waals surface area contributed by atoms with Crippen molar-refractivity contribution in [3.63, 3.8) is 0 Å². The molecular weight excluding hydrogens is 547 g/mol. The number of hydrogen-bond acceptors (Lipinski definition) is 6. The molecule has 0 fully saturated rings. The fraction of sp³-hybridized carbons (Fsp3) is 0.133. The molecule has 0 unspecified atom stereocenters. The van der Waals surface area contributed by atoms with Crippen molar-refractivity contribution in [2.45, 2.75) is 22.9 Å².